The zero-order chi connectivity index (χ0) is 8.55. The molecule has 1 heterocycles. The minimum Gasteiger partial charge on any atom is -0.296 e. The maximum atomic E-state index is 10.4. The highest BCUT2D eigenvalue weighted by molar-refractivity contribution is 6.33. The minimum atomic E-state index is 0.429. The van der Waals surface area contributed by atoms with Crippen LogP contribution < -0.4 is 5.32 Å². The number of allylic oxidation sites excluding steroid dienone is 1. The molecule has 1 aromatic rings. The number of hydrogen-bond acceptors (Lipinski definition) is 1. The number of hydrogen-bond donors (Lipinski definition) is 0. The molecule has 0 atom stereocenters. The van der Waals surface area contributed by atoms with E-state index in [1.807, 2.05) is 12.1 Å². The van der Waals surface area contributed by atoms with Gasteiger partial charge in [0.25, 0.3) is 0 Å². The normalized spacial score (nSPS) is 13.2. The Kier molecular flexibility index (Phi) is 1.62. The molecule has 0 spiro atoms. The highest BCUT2D eigenvalue weighted by Gasteiger charge is 2.15. The Balaban J connectivity index is 2.52. The van der Waals surface area contributed by atoms with Crippen LogP contribution in [0.3, 0.4) is 0 Å². The molecular formula is C9H5ClNO. The molecule has 3 heteroatoms. The Morgan fingerprint density at radius 3 is 2.92 bits per heavy atom. The quantitative estimate of drug-likeness (QED) is 0.606. The average molecular weight is 179 g/mol. The number of aldehydes is 1. The van der Waals surface area contributed by atoms with Crippen molar-refractivity contribution in [3.63, 3.8) is 0 Å². The molecule has 1 aliphatic heterocycles. The van der Waals surface area contributed by atoms with Crippen LogP contribution in [0.2, 0.25) is 5.02 Å². The van der Waals surface area contributed by atoms with Gasteiger partial charge in [-0.3, -0.25) is 4.79 Å². The Hall–Kier alpha value is -1.28. The van der Waals surface area contributed by atoms with E-state index in [1.165, 1.54) is 0 Å². The first-order chi connectivity index (χ1) is 5.81. The maximum Gasteiger partial charge on any atom is 0.168 e. The number of nitrogens with zero attached hydrogens (tertiary/aromatic N) is 1. The van der Waals surface area contributed by atoms with E-state index in [1.54, 1.807) is 12.1 Å². The summed E-state index contributed by atoms with van der Waals surface area (Å²) in [5, 5.41) is 4.61. The van der Waals surface area contributed by atoms with Crippen LogP contribution in [0.25, 0.3) is 6.08 Å². The van der Waals surface area contributed by atoms with Gasteiger partial charge < -0.3 is 0 Å². The fourth-order valence-corrected chi connectivity index (χ4v) is 1.37. The number of fused-ring (bicyclic) bond motifs is 1. The highest BCUT2D eigenvalue weighted by Crippen LogP contribution is 2.32. The van der Waals surface area contributed by atoms with Crippen LogP contribution in [0.5, 0.6) is 0 Å². The first kappa shape index (κ1) is 7.37. The molecule has 59 valence electrons. The summed E-state index contributed by atoms with van der Waals surface area (Å²) in [5.41, 5.74) is 2.03. The first-order valence-corrected chi connectivity index (χ1v) is 3.86. The summed E-state index contributed by atoms with van der Waals surface area (Å²) in [6.07, 6.45) is 2.44. The average Bonchev–Trinajstić information content (AvgIpc) is 2.49. The summed E-state index contributed by atoms with van der Waals surface area (Å²) in [4.78, 5) is 10.4. The van der Waals surface area contributed by atoms with Crippen molar-refractivity contribution in [2.45, 2.75) is 0 Å². The summed E-state index contributed by atoms with van der Waals surface area (Å²) < 4.78 is 0. The van der Waals surface area contributed by atoms with Crippen molar-refractivity contribution in [1.29, 1.82) is 0 Å². The van der Waals surface area contributed by atoms with E-state index in [0.717, 1.165) is 11.8 Å². The van der Waals surface area contributed by atoms with Gasteiger partial charge in [-0.1, -0.05) is 23.7 Å². The molecule has 2 nitrogen and oxygen atoms in total. The fourth-order valence-electron chi connectivity index (χ4n) is 1.15. The number of carbonyl (C=O) groups is 1. The van der Waals surface area contributed by atoms with E-state index in [-0.39, 0.29) is 0 Å². The molecule has 2 rings (SSSR count). The second kappa shape index (κ2) is 2.64. The van der Waals surface area contributed by atoms with E-state index < -0.39 is 0 Å². The lowest BCUT2D eigenvalue weighted by atomic mass is 10.2. The molecule has 1 radical (unpaired) electrons. The van der Waals surface area contributed by atoms with E-state index >= 15 is 0 Å². The number of carbonyl (C=O) groups excluding carboxylic acids is 1. The highest BCUT2D eigenvalue weighted by atomic mass is 35.5. The zero-order valence-corrected chi connectivity index (χ0v) is 6.88. The van der Waals surface area contributed by atoms with Crippen LogP contribution >= 0.6 is 11.6 Å². The molecule has 0 aromatic heterocycles. The standard InChI is InChI=1S/C9H5ClNO/c10-8-3-1-2-6-4-7(5-12)11-9(6)8/h1-5H. The van der Waals surface area contributed by atoms with Gasteiger partial charge in [-0.05, 0) is 12.1 Å². The third-order valence-corrected chi connectivity index (χ3v) is 1.99. The van der Waals surface area contributed by atoms with Crippen LogP contribution in [0.4, 0.5) is 5.69 Å². The molecule has 0 fully saturated rings. The Bertz CT molecular complexity index is 371. The second-order valence-electron chi connectivity index (χ2n) is 2.48. The summed E-state index contributed by atoms with van der Waals surface area (Å²) >= 11 is 5.85. The smallest absolute Gasteiger partial charge is 0.168 e. The third kappa shape index (κ3) is 1.01. The molecule has 0 amide bonds. The molecule has 1 aliphatic rings. The lowest BCUT2D eigenvalue weighted by Crippen LogP contribution is -1.93. The van der Waals surface area contributed by atoms with Gasteiger partial charge in [0.1, 0.15) is 5.70 Å². The van der Waals surface area contributed by atoms with Crippen molar-refractivity contribution >= 4 is 29.7 Å². The number of rotatable bonds is 1. The molecule has 0 unspecified atom stereocenters. The Morgan fingerprint density at radius 1 is 1.42 bits per heavy atom. The zero-order valence-electron chi connectivity index (χ0n) is 6.12. The van der Waals surface area contributed by atoms with E-state index in [0.29, 0.717) is 16.4 Å². The van der Waals surface area contributed by atoms with Gasteiger partial charge in [-0.2, -0.15) is 0 Å². The largest absolute Gasteiger partial charge is 0.296 e. The molecule has 0 bridgehead atoms. The summed E-state index contributed by atoms with van der Waals surface area (Å²) in [6, 6.07) is 5.47. The fraction of sp³-hybridized carbons (Fsp3) is 0. The second-order valence-corrected chi connectivity index (χ2v) is 2.88. The van der Waals surface area contributed by atoms with E-state index in [9.17, 15) is 4.79 Å². The minimum absolute atomic E-state index is 0.429. The molecular weight excluding hydrogens is 174 g/mol. The van der Waals surface area contributed by atoms with Crippen molar-refractivity contribution in [3.8, 4) is 0 Å². The predicted octanol–water partition coefficient (Wildman–Crippen LogP) is 2.13. The predicted molar refractivity (Wildman–Crippen MR) is 47.3 cm³/mol. The van der Waals surface area contributed by atoms with Crippen molar-refractivity contribution in [2.24, 2.45) is 0 Å². The maximum absolute atomic E-state index is 10.4. The van der Waals surface area contributed by atoms with Crippen LogP contribution in [-0.4, -0.2) is 6.29 Å². The van der Waals surface area contributed by atoms with E-state index in [2.05, 4.69) is 5.32 Å². The summed E-state index contributed by atoms with van der Waals surface area (Å²) in [7, 11) is 0. The van der Waals surface area contributed by atoms with Crippen molar-refractivity contribution in [1.82, 2.24) is 5.32 Å². The van der Waals surface area contributed by atoms with Gasteiger partial charge in [-0.15, -0.1) is 0 Å². The molecule has 0 saturated heterocycles. The summed E-state index contributed by atoms with van der Waals surface area (Å²) in [5.74, 6) is 0. The third-order valence-electron chi connectivity index (χ3n) is 1.68. The van der Waals surface area contributed by atoms with Crippen molar-refractivity contribution < 1.29 is 4.79 Å². The lowest BCUT2D eigenvalue weighted by molar-refractivity contribution is -0.105. The van der Waals surface area contributed by atoms with Gasteiger partial charge in [0, 0.05) is 5.56 Å². The van der Waals surface area contributed by atoms with Gasteiger partial charge in [0.15, 0.2) is 6.29 Å². The van der Waals surface area contributed by atoms with Crippen molar-refractivity contribution in [2.75, 3.05) is 0 Å². The van der Waals surface area contributed by atoms with Gasteiger partial charge in [0.05, 0.1) is 10.7 Å². The van der Waals surface area contributed by atoms with E-state index in [4.69, 9.17) is 11.6 Å². The van der Waals surface area contributed by atoms with Gasteiger partial charge >= 0.3 is 0 Å². The molecule has 0 N–H and O–H groups in total. The first-order valence-electron chi connectivity index (χ1n) is 3.48. The van der Waals surface area contributed by atoms with Crippen LogP contribution in [0.1, 0.15) is 5.56 Å². The molecule has 0 saturated carbocycles. The van der Waals surface area contributed by atoms with Gasteiger partial charge in [0.2, 0.25) is 0 Å². The molecule has 0 aliphatic carbocycles. The number of para-hydroxylation sites is 1. The van der Waals surface area contributed by atoms with Crippen molar-refractivity contribution in [3.05, 3.63) is 34.5 Å². The number of benzene rings is 1. The van der Waals surface area contributed by atoms with Crippen LogP contribution in [-0.2, 0) is 4.79 Å². The molecule has 1 aromatic carbocycles. The van der Waals surface area contributed by atoms with Crippen LogP contribution in [0.15, 0.2) is 23.9 Å². The monoisotopic (exact) mass is 178 g/mol. The number of halogens is 1. The lowest BCUT2D eigenvalue weighted by Gasteiger charge is -1.98. The Labute approximate surface area is 74.8 Å². The SMILES string of the molecule is O=CC1=Cc2cccc(Cl)c2[N]1. The van der Waals surface area contributed by atoms with Crippen LogP contribution in [0, 0.1) is 0 Å². The van der Waals surface area contributed by atoms with Gasteiger partial charge in [-0.25, -0.2) is 5.32 Å². The topological polar surface area (TPSA) is 31.2 Å². The Morgan fingerprint density at radius 2 is 2.25 bits per heavy atom. The molecule has 12 heavy (non-hydrogen) atoms. The summed E-state index contributed by atoms with van der Waals surface area (Å²) in [6.45, 7) is 0.